The molecule has 23 heavy (non-hydrogen) atoms. The van der Waals surface area contributed by atoms with Crippen LogP contribution in [-0.2, 0) is 0 Å². The lowest BCUT2D eigenvalue weighted by Crippen LogP contribution is -2.20. The van der Waals surface area contributed by atoms with Crippen molar-refractivity contribution in [1.82, 2.24) is 0 Å². The van der Waals surface area contributed by atoms with Crippen molar-refractivity contribution in [2.75, 3.05) is 24.9 Å². The van der Waals surface area contributed by atoms with Gasteiger partial charge in [-0.1, -0.05) is 17.7 Å². The lowest BCUT2D eigenvalue weighted by molar-refractivity contribution is 0.405. The number of hydrogen-bond acceptors (Lipinski definition) is 3. The molecule has 2 rings (SSSR count). The zero-order chi connectivity index (χ0) is 17.0. The van der Waals surface area contributed by atoms with Crippen LogP contribution in [0, 0.1) is 12.7 Å². The van der Waals surface area contributed by atoms with E-state index in [1.165, 1.54) is 26.4 Å². The van der Waals surface area contributed by atoms with Gasteiger partial charge in [-0.05, 0) is 36.8 Å². The Kier molecular flexibility index (Phi) is 5.63. The maximum absolute atomic E-state index is 13.3. The first-order valence-electron chi connectivity index (χ1n) is 6.70. The molecule has 4 nitrogen and oxygen atoms in total. The van der Waals surface area contributed by atoms with E-state index in [1.807, 2.05) is 6.92 Å². The van der Waals surface area contributed by atoms with Crippen molar-refractivity contribution in [2.45, 2.75) is 6.92 Å². The van der Waals surface area contributed by atoms with E-state index in [1.54, 1.807) is 18.2 Å². The molecular formula is C16H16ClFN2O2S. The van der Waals surface area contributed by atoms with Crippen LogP contribution in [0.2, 0.25) is 5.02 Å². The van der Waals surface area contributed by atoms with Gasteiger partial charge in [0.2, 0.25) is 0 Å². The number of rotatable bonds is 4. The Hall–Kier alpha value is -2.05. The van der Waals surface area contributed by atoms with Gasteiger partial charge in [-0.15, -0.1) is 0 Å². The second-order valence-corrected chi connectivity index (χ2v) is 5.54. The van der Waals surface area contributed by atoms with Gasteiger partial charge in [-0.3, -0.25) is 0 Å². The van der Waals surface area contributed by atoms with Crippen LogP contribution >= 0.6 is 23.8 Å². The molecule has 0 unspecified atom stereocenters. The first-order chi connectivity index (χ1) is 10.9. The number of halogens is 2. The lowest BCUT2D eigenvalue weighted by atomic mass is 10.2. The van der Waals surface area contributed by atoms with Crippen molar-refractivity contribution in [3.05, 3.63) is 46.7 Å². The minimum Gasteiger partial charge on any atom is -0.495 e. The van der Waals surface area contributed by atoms with Crippen molar-refractivity contribution in [3.8, 4) is 11.5 Å². The van der Waals surface area contributed by atoms with Crippen LogP contribution in [0.15, 0.2) is 30.3 Å². The summed E-state index contributed by atoms with van der Waals surface area (Å²) >= 11 is 11.3. The molecule has 122 valence electrons. The average molecular weight is 355 g/mol. The Bertz CT molecular complexity index is 740. The van der Waals surface area contributed by atoms with Gasteiger partial charge in [0.25, 0.3) is 0 Å². The Morgan fingerprint density at radius 1 is 1.04 bits per heavy atom. The minimum atomic E-state index is -0.341. The Morgan fingerprint density at radius 3 is 2.35 bits per heavy atom. The summed E-state index contributed by atoms with van der Waals surface area (Å²) in [5.41, 5.74) is 2.04. The van der Waals surface area contributed by atoms with Gasteiger partial charge in [0.1, 0.15) is 17.3 Å². The van der Waals surface area contributed by atoms with Crippen LogP contribution < -0.4 is 20.1 Å². The molecule has 2 N–H and O–H groups in total. The lowest BCUT2D eigenvalue weighted by Gasteiger charge is -2.16. The molecule has 0 amide bonds. The molecule has 0 saturated heterocycles. The molecule has 0 aliphatic carbocycles. The van der Waals surface area contributed by atoms with E-state index in [9.17, 15) is 4.39 Å². The molecule has 0 fully saturated rings. The first kappa shape index (κ1) is 17.3. The Balaban J connectivity index is 2.21. The predicted octanol–water partition coefficient (Wildman–Crippen LogP) is 4.61. The molecule has 0 saturated carbocycles. The van der Waals surface area contributed by atoms with Crippen LogP contribution in [0.25, 0.3) is 0 Å². The van der Waals surface area contributed by atoms with Crippen LogP contribution in [-0.4, -0.2) is 19.3 Å². The molecular weight excluding hydrogens is 339 g/mol. The van der Waals surface area contributed by atoms with E-state index in [4.69, 9.17) is 33.3 Å². The van der Waals surface area contributed by atoms with Gasteiger partial charge >= 0.3 is 0 Å². The van der Waals surface area contributed by atoms with Gasteiger partial charge in [0.05, 0.1) is 24.9 Å². The van der Waals surface area contributed by atoms with E-state index in [0.717, 1.165) is 5.56 Å². The third-order valence-corrected chi connectivity index (χ3v) is 3.67. The summed E-state index contributed by atoms with van der Waals surface area (Å²) in [5.74, 6) is 0.655. The normalized spacial score (nSPS) is 10.1. The number of nitrogens with one attached hydrogen (secondary N) is 2. The Labute approximate surface area is 144 Å². The fourth-order valence-corrected chi connectivity index (χ4v) is 2.41. The second kappa shape index (κ2) is 7.48. The molecule has 0 aliphatic heterocycles. The molecule has 2 aromatic carbocycles. The highest BCUT2D eigenvalue weighted by atomic mass is 35.5. The van der Waals surface area contributed by atoms with E-state index in [0.29, 0.717) is 33.0 Å². The molecule has 0 atom stereocenters. The summed E-state index contributed by atoms with van der Waals surface area (Å²) in [5, 5.41) is 6.67. The highest BCUT2D eigenvalue weighted by Crippen LogP contribution is 2.36. The molecule has 7 heteroatoms. The largest absolute Gasteiger partial charge is 0.495 e. The van der Waals surface area contributed by atoms with Crippen molar-refractivity contribution in [3.63, 3.8) is 0 Å². The van der Waals surface area contributed by atoms with E-state index < -0.39 is 0 Å². The zero-order valence-electron chi connectivity index (χ0n) is 12.9. The van der Waals surface area contributed by atoms with Crippen LogP contribution in [0.4, 0.5) is 15.8 Å². The smallest absolute Gasteiger partial charge is 0.175 e. The van der Waals surface area contributed by atoms with Crippen LogP contribution in [0.1, 0.15) is 5.56 Å². The number of ether oxygens (including phenoxy) is 2. The molecule has 0 aliphatic rings. The number of aryl methyl sites for hydroxylation is 1. The average Bonchev–Trinajstić information content (AvgIpc) is 2.52. The Morgan fingerprint density at radius 2 is 1.70 bits per heavy atom. The molecule has 2 aromatic rings. The number of thiocarbonyl (C=S) groups is 1. The van der Waals surface area contributed by atoms with Gasteiger partial charge in [-0.2, -0.15) is 0 Å². The number of anilines is 2. The SMILES string of the molecule is COc1cc(NC(=S)Nc2cc(F)ccc2C)c(OC)cc1Cl. The van der Waals surface area contributed by atoms with Crippen molar-refractivity contribution < 1.29 is 13.9 Å². The quantitative estimate of drug-likeness (QED) is 0.784. The fraction of sp³-hybridized carbons (Fsp3) is 0.188. The van der Waals surface area contributed by atoms with E-state index in [-0.39, 0.29) is 5.82 Å². The summed E-state index contributed by atoms with van der Waals surface area (Å²) in [7, 11) is 3.04. The fourth-order valence-electron chi connectivity index (χ4n) is 1.96. The third kappa shape index (κ3) is 4.24. The van der Waals surface area contributed by atoms with Crippen molar-refractivity contribution in [1.29, 1.82) is 0 Å². The summed E-state index contributed by atoms with van der Waals surface area (Å²) in [6.07, 6.45) is 0. The summed E-state index contributed by atoms with van der Waals surface area (Å²) in [4.78, 5) is 0. The van der Waals surface area contributed by atoms with Crippen LogP contribution in [0.5, 0.6) is 11.5 Å². The first-order valence-corrected chi connectivity index (χ1v) is 7.49. The van der Waals surface area contributed by atoms with Gasteiger partial charge in [-0.25, -0.2) is 4.39 Å². The maximum atomic E-state index is 13.3. The number of benzene rings is 2. The topological polar surface area (TPSA) is 42.5 Å². The van der Waals surface area contributed by atoms with Gasteiger partial charge < -0.3 is 20.1 Å². The molecule has 0 spiro atoms. The van der Waals surface area contributed by atoms with Gasteiger partial charge in [0.15, 0.2) is 5.11 Å². The highest BCUT2D eigenvalue weighted by molar-refractivity contribution is 7.80. The van der Waals surface area contributed by atoms with E-state index >= 15 is 0 Å². The molecule has 0 radical (unpaired) electrons. The number of hydrogen-bond donors (Lipinski definition) is 2. The van der Waals surface area contributed by atoms with Gasteiger partial charge in [0, 0.05) is 17.8 Å². The predicted molar refractivity (Wildman–Crippen MR) is 95.5 cm³/mol. The zero-order valence-corrected chi connectivity index (χ0v) is 14.4. The maximum Gasteiger partial charge on any atom is 0.175 e. The molecule has 0 heterocycles. The monoisotopic (exact) mass is 354 g/mol. The highest BCUT2D eigenvalue weighted by Gasteiger charge is 2.12. The van der Waals surface area contributed by atoms with Crippen LogP contribution in [0.3, 0.4) is 0 Å². The van der Waals surface area contributed by atoms with E-state index in [2.05, 4.69) is 10.6 Å². The third-order valence-electron chi connectivity index (χ3n) is 3.17. The number of methoxy groups -OCH3 is 2. The summed E-state index contributed by atoms with van der Waals surface area (Å²) in [6, 6.07) is 7.74. The minimum absolute atomic E-state index is 0.293. The van der Waals surface area contributed by atoms with Crippen molar-refractivity contribution >= 4 is 40.3 Å². The summed E-state index contributed by atoms with van der Waals surface area (Å²) in [6.45, 7) is 1.86. The molecule has 0 bridgehead atoms. The molecule has 0 aromatic heterocycles. The standard InChI is InChI=1S/C16H16ClFN2O2S/c1-9-4-5-10(18)6-12(9)19-16(23)20-13-8-14(21-2)11(17)7-15(13)22-3/h4-8H,1-3H3,(H2,19,20,23). The van der Waals surface area contributed by atoms with Crippen molar-refractivity contribution in [2.24, 2.45) is 0 Å². The second-order valence-electron chi connectivity index (χ2n) is 4.73. The summed E-state index contributed by atoms with van der Waals surface area (Å²) < 4.78 is 23.8.